The molecule has 0 spiro atoms. The lowest BCUT2D eigenvalue weighted by molar-refractivity contribution is -0.385. The molecule has 0 amide bonds. The Labute approximate surface area is 259 Å². The van der Waals surface area contributed by atoms with Crippen LogP contribution < -0.4 is 9.47 Å². The molecule has 0 aromatic heterocycles. The maximum absolute atomic E-state index is 12.7. The van der Waals surface area contributed by atoms with Gasteiger partial charge in [-0.15, -0.1) is 0 Å². The van der Waals surface area contributed by atoms with Crippen molar-refractivity contribution in [2.24, 2.45) is 11.3 Å². The van der Waals surface area contributed by atoms with Crippen molar-refractivity contribution < 1.29 is 28.9 Å². The lowest BCUT2D eigenvalue weighted by Crippen LogP contribution is -2.41. The molecule has 5 rings (SSSR count). The average molecular weight is 609 g/mol. The van der Waals surface area contributed by atoms with Gasteiger partial charge in [-0.1, -0.05) is 57.2 Å². The fraction of sp³-hybridized carbons (Fsp3) is 0.257. The third-order valence-corrected chi connectivity index (χ3v) is 8.20. The molecule has 0 heterocycles. The van der Waals surface area contributed by atoms with E-state index in [1.54, 1.807) is 24.3 Å². The van der Waals surface area contributed by atoms with Crippen LogP contribution in [0.2, 0.25) is 0 Å². The maximum atomic E-state index is 12.7. The molecule has 1 saturated carbocycles. The summed E-state index contributed by atoms with van der Waals surface area (Å²) in [6.07, 6.45) is 2.78. The Morgan fingerprint density at radius 3 is 1.49 bits per heavy atom. The second kappa shape index (κ2) is 12.3. The van der Waals surface area contributed by atoms with Gasteiger partial charge in [0.05, 0.1) is 21.0 Å². The first-order valence-corrected chi connectivity index (χ1v) is 14.5. The van der Waals surface area contributed by atoms with Gasteiger partial charge in [-0.05, 0) is 78.1 Å². The van der Waals surface area contributed by atoms with E-state index < -0.39 is 21.8 Å². The molecule has 4 aromatic rings. The molecule has 0 bridgehead atoms. The normalized spacial score (nSPS) is 16.7. The van der Waals surface area contributed by atoms with E-state index in [1.165, 1.54) is 48.5 Å². The van der Waals surface area contributed by atoms with Crippen LogP contribution in [0.3, 0.4) is 0 Å². The monoisotopic (exact) mass is 608 g/mol. The highest BCUT2D eigenvalue weighted by atomic mass is 16.6. The predicted octanol–water partition coefficient (Wildman–Crippen LogP) is 8.07. The lowest BCUT2D eigenvalue weighted by Gasteiger charge is -2.48. The second-order valence-electron chi connectivity index (χ2n) is 12.4. The van der Waals surface area contributed by atoms with Crippen molar-refractivity contribution in [2.45, 2.75) is 45.4 Å². The zero-order valence-electron chi connectivity index (χ0n) is 25.1. The van der Waals surface area contributed by atoms with Crippen LogP contribution in [-0.4, -0.2) is 21.8 Å². The summed E-state index contributed by atoms with van der Waals surface area (Å²) in [4.78, 5) is 46.5. The topological polar surface area (TPSA) is 139 Å². The third-order valence-electron chi connectivity index (χ3n) is 8.20. The van der Waals surface area contributed by atoms with Crippen molar-refractivity contribution in [3.63, 3.8) is 0 Å². The number of carbonyl (C=O) groups excluding carboxylic acids is 2. The SMILES string of the molecule is CC1CC(C)(C)CC(c2ccc(OC(=O)c3cccc([N+](=O)[O-])c3)cc2)(c2ccc(OC(=O)c3cccc([N+](=O)[O-])c3)cc2)C1. The van der Waals surface area contributed by atoms with Gasteiger partial charge in [-0.25, -0.2) is 9.59 Å². The number of nitrogens with zero attached hydrogens (tertiary/aromatic N) is 2. The predicted molar refractivity (Wildman–Crippen MR) is 167 cm³/mol. The van der Waals surface area contributed by atoms with Crippen molar-refractivity contribution >= 4 is 23.3 Å². The highest BCUT2D eigenvalue weighted by Gasteiger charge is 2.45. The summed E-state index contributed by atoms with van der Waals surface area (Å²) in [5.41, 5.74) is 1.50. The smallest absolute Gasteiger partial charge is 0.343 e. The molecular weight excluding hydrogens is 576 g/mol. The molecule has 0 radical (unpaired) electrons. The molecular formula is C35H32N2O8. The van der Waals surface area contributed by atoms with E-state index in [1.807, 2.05) is 24.3 Å². The summed E-state index contributed by atoms with van der Waals surface area (Å²) in [5, 5.41) is 22.2. The fourth-order valence-corrected chi connectivity index (χ4v) is 6.69. The summed E-state index contributed by atoms with van der Waals surface area (Å²) in [7, 11) is 0. The molecule has 1 aliphatic carbocycles. The van der Waals surface area contributed by atoms with Gasteiger partial charge in [0.2, 0.25) is 0 Å². The zero-order chi connectivity index (χ0) is 32.4. The highest BCUT2D eigenvalue weighted by molar-refractivity contribution is 5.92. The number of ether oxygens (including phenoxy) is 2. The van der Waals surface area contributed by atoms with Gasteiger partial charge >= 0.3 is 11.9 Å². The minimum atomic E-state index is -0.691. The summed E-state index contributed by atoms with van der Waals surface area (Å²) < 4.78 is 11.1. The van der Waals surface area contributed by atoms with Crippen LogP contribution in [-0.2, 0) is 5.41 Å². The molecule has 1 aliphatic rings. The Morgan fingerprint density at radius 2 is 1.11 bits per heavy atom. The van der Waals surface area contributed by atoms with Crippen LogP contribution >= 0.6 is 0 Å². The average Bonchev–Trinajstić information content (AvgIpc) is 3.00. The summed E-state index contributed by atoms with van der Waals surface area (Å²) in [6, 6.07) is 25.5. The van der Waals surface area contributed by atoms with E-state index in [4.69, 9.17) is 9.47 Å². The van der Waals surface area contributed by atoms with E-state index in [0.717, 1.165) is 30.4 Å². The van der Waals surface area contributed by atoms with E-state index in [2.05, 4.69) is 20.8 Å². The van der Waals surface area contributed by atoms with Crippen molar-refractivity contribution in [2.75, 3.05) is 0 Å². The number of non-ortho nitro benzene ring substituents is 2. The van der Waals surface area contributed by atoms with E-state index in [-0.39, 0.29) is 33.3 Å². The number of hydrogen-bond acceptors (Lipinski definition) is 8. The molecule has 45 heavy (non-hydrogen) atoms. The first kappa shape index (κ1) is 31.1. The molecule has 0 aliphatic heterocycles. The standard InChI is InChI=1S/C35H32N2O8/c1-23-20-34(2,3)22-35(21-23,26-10-14-30(15-11-26)44-32(38)24-6-4-8-28(18-24)36(40)41)27-12-16-31(17-13-27)45-33(39)25-7-5-9-29(19-25)37(42)43/h4-19,23H,20-22H2,1-3H3. The molecule has 1 fully saturated rings. The fourth-order valence-electron chi connectivity index (χ4n) is 6.69. The number of rotatable bonds is 8. The number of benzene rings is 4. The summed E-state index contributed by atoms with van der Waals surface area (Å²) in [6.45, 7) is 6.74. The van der Waals surface area contributed by atoms with Crippen LogP contribution in [0.1, 0.15) is 71.9 Å². The van der Waals surface area contributed by atoms with Gasteiger partial charge < -0.3 is 9.47 Å². The Hall–Kier alpha value is -5.38. The van der Waals surface area contributed by atoms with Crippen LogP contribution in [0.15, 0.2) is 97.1 Å². The Balaban J connectivity index is 1.40. The first-order chi connectivity index (χ1) is 21.3. The number of nitro benzene ring substituents is 2. The van der Waals surface area contributed by atoms with Crippen molar-refractivity contribution in [1.29, 1.82) is 0 Å². The van der Waals surface area contributed by atoms with E-state index in [9.17, 15) is 29.8 Å². The summed E-state index contributed by atoms with van der Waals surface area (Å²) >= 11 is 0. The number of nitro groups is 2. The lowest BCUT2D eigenvalue weighted by atomic mass is 9.55. The summed E-state index contributed by atoms with van der Waals surface area (Å²) in [5.74, 6) is -0.340. The first-order valence-electron chi connectivity index (χ1n) is 14.5. The van der Waals surface area contributed by atoms with E-state index >= 15 is 0 Å². The van der Waals surface area contributed by atoms with Crippen LogP contribution in [0.25, 0.3) is 0 Å². The van der Waals surface area contributed by atoms with Gasteiger partial charge in [-0.2, -0.15) is 0 Å². The largest absolute Gasteiger partial charge is 0.423 e. The van der Waals surface area contributed by atoms with Crippen molar-refractivity contribution in [3.05, 3.63) is 140 Å². The van der Waals surface area contributed by atoms with Gasteiger partial charge in [0.25, 0.3) is 11.4 Å². The number of esters is 2. The van der Waals surface area contributed by atoms with Gasteiger partial charge in [-0.3, -0.25) is 20.2 Å². The molecule has 0 N–H and O–H groups in total. The second-order valence-corrected chi connectivity index (χ2v) is 12.4. The minimum Gasteiger partial charge on any atom is -0.423 e. The Morgan fingerprint density at radius 1 is 0.689 bits per heavy atom. The molecule has 4 aromatic carbocycles. The van der Waals surface area contributed by atoms with Gasteiger partial charge in [0.1, 0.15) is 11.5 Å². The van der Waals surface area contributed by atoms with Gasteiger partial charge in [0, 0.05) is 29.7 Å². The Bertz CT molecular complexity index is 1650. The molecule has 1 unspecified atom stereocenters. The van der Waals surface area contributed by atoms with Crippen molar-refractivity contribution in [3.8, 4) is 11.5 Å². The zero-order valence-corrected chi connectivity index (χ0v) is 25.1. The third kappa shape index (κ3) is 6.90. The quantitative estimate of drug-likeness (QED) is 0.0847. The maximum Gasteiger partial charge on any atom is 0.343 e. The molecule has 230 valence electrons. The number of hydrogen-bond donors (Lipinski definition) is 0. The molecule has 0 saturated heterocycles. The highest BCUT2D eigenvalue weighted by Crippen LogP contribution is 2.53. The number of carbonyl (C=O) groups is 2. The molecule has 10 heteroatoms. The molecule has 1 atom stereocenters. The van der Waals surface area contributed by atoms with Crippen LogP contribution in [0, 0.1) is 31.6 Å². The van der Waals surface area contributed by atoms with Crippen LogP contribution in [0.4, 0.5) is 11.4 Å². The van der Waals surface area contributed by atoms with Gasteiger partial charge in [0.15, 0.2) is 0 Å². The van der Waals surface area contributed by atoms with Crippen molar-refractivity contribution in [1.82, 2.24) is 0 Å². The minimum absolute atomic E-state index is 0.0258. The van der Waals surface area contributed by atoms with Crippen LogP contribution in [0.5, 0.6) is 11.5 Å². The molecule has 10 nitrogen and oxygen atoms in total. The Kier molecular flexibility index (Phi) is 8.50. The van der Waals surface area contributed by atoms with E-state index in [0.29, 0.717) is 17.4 Å².